The Bertz CT molecular complexity index is 1150. The zero-order valence-electron chi connectivity index (χ0n) is 15.5. The first kappa shape index (κ1) is 18.9. The lowest BCUT2D eigenvalue weighted by atomic mass is 10.1. The van der Waals surface area contributed by atoms with Crippen molar-refractivity contribution in [1.82, 2.24) is 4.90 Å². The van der Waals surface area contributed by atoms with Gasteiger partial charge in [-0.3, -0.25) is 14.5 Å². The highest BCUT2D eigenvalue weighted by atomic mass is 32.2. The maximum atomic E-state index is 12.2. The lowest BCUT2D eigenvalue weighted by Gasteiger charge is -2.09. The standard InChI is InChI=1S/C24H17NO3S/c1-2-14-25-23(26)22(29-24(25)27)15-17-10-12-20(13-11-17)28-16-19-8-5-7-18-6-3-4-9-21(18)19/h1,3-13,15H,14,16H2/b22-15+. The Kier molecular flexibility index (Phi) is 5.37. The third-order valence-corrected chi connectivity index (χ3v) is 5.48. The van der Waals surface area contributed by atoms with Gasteiger partial charge >= 0.3 is 0 Å². The second-order valence-electron chi connectivity index (χ2n) is 6.47. The summed E-state index contributed by atoms with van der Waals surface area (Å²) in [6.45, 7) is 0.453. The molecule has 1 heterocycles. The SMILES string of the molecule is C#CCN1C(=O)S/C(=C/c2ccc(OCc3cccc4ccccc34)cc2)C1=O. The molecule has 0 atom stereocenters. The molecule has 1 aliphatic rings. The molecule has 0 bridgehead atoms. The molecular formula is C24H17NO3S. The Hall–Kier alpha value is -3.49. The number of benzene rings is 3. The zero-order chi connectivity index (χ0) is 20.2. The van der Waals surface area contributed by atoms with Gasteiger partial charge in [0.1, 0.15) is 12.4 Å². The van der Waals surface area contributed by atoms with Crippen molar-refractivity contribution in [3.63, 3.8) is 0 Å². The number of nitrogens with zero attached hydrogens (tertiary/aromatic N) is 1. The largest absolute Gasteiger partial charge is 0.489 e. The molecule has 3 aromatic rings. The maximum Gasteiger partial charge on any atom is 0.294 e. The van der Waals surface area contributed by atoms with Gasteiger partial charge in [0.15, 0.2) is 0 Å². The van der Waals surface area contributed by atoms with Gasteiger partial charge < -0.3 is 4.74 Å². The molecule has 0 spiro atoms. The molecule has 0 aliphatic carbocycles. The molecule has 2 amide bonds. The average molecular weight is 399 g/mol. The third-order valence-electron chi connectivity index (χ3n) is 4.58. The average Bonchev–Trinajstić information content (AvgIpc) is 3.01. The van der Waals surface area contributed by atoms with Crippen LogP contribution in [0.1, 0.15) is 11.1 Å². The lowest BCUT2D eigenvalue weighted by Crippen LogP contribution is -2.28. The highest BCUT2D eigenvalue weighted by Crippen LogP contribution is 2.32. The fraction of sp³-hybridized carbons (Fsp3) is 0.0833. The Labute approximate surface area is 173 Å². The van der Waals surface area contributed by atoms with Crippen molar-refractivity contribution in [2.24, 2.45) is 0 Å². The molecular weight excluding hydrogens is 382 g/mol. The predicted octanol–water partition coefficient (Wildman–Crippen LogP) is 5.09. The van der Waals surface area contributed by atoms with Gasteiger partial charge in [-0.05, 0) is 51.9 Å². The Morgan fingerprint density at radius 1 is 1.00 bits per heavy atom. The molecule has 1 saturated heterocycles. The maximum absolute atomic E-state index is 12.2. The summed E-state index contributed by atoms with van der Waals surface area (Å²) in [5, 5.41) is 2.02. The summed E-state index contributed by atoms with van der Waals surface area (Å²) in [5.74, 6) is 2.71. The molecule has 0 saturated carbocycles. The number of hydrogen-bond acceptors (Lipinski definition) is 4. The van der Waals surface area contributed by atoms with Crippen molar-refractivity contribution in [2.75, 3.05) is 6.54 Å². The molecule has 29 heavy (non-hydrogen) atoms. The minimum absolute atomic E-state index is 0.0110. The van der Waals surface area contributed by atoms with Gasteiger partial charge in [-0.1, -0.05) is 60.5 Å². The predicted molar refractivity (Wildman–Crippen MR) is 116 cm³/mol. The molecule has 1 fully saturated rings. The van der Waals surface area contributed by atoms with E-state index in [2.05, 4.69) is 30.2 Å². The van der Waals surface area contributed by atoms with Crippen molar-refractivity contribution >= 4 is 39.8 Å². The topological polar surface area (TPSA) is 46.6 Å². The number of terminal acetylenes is 1. The van der Waals surface area contributed by atoms with Gasteiger partial charge in [0.05, 0.1) is 11.4 Å². The summed E-state index contributed by atoms with van der Waals surface area (Å²) in [7, 11) is 0. The summed E-state index contributed by atoms with van der Waals surface area (Å²) < 4.78 is 5.93. The number of carbonyl (C=O) groups excluding carboxylic acids is 2. The summed E-state index contributed by atoms with van der Waals surface area (Å²) >= 11 is 0.901. The molecule has 0 unspecified atom stereocenters. The summed E-state index contributed by atoms with van der Waals surface area (Å²) in [6.07, 6.45) is 6.90. The number of imide groups is 1. The van der Waals surface area contributed by atoms with E-state index < -0.39 is 0 Å². The first-order valence-electron chi connectivity index (χ1n) is 9.04. The minimum Gasteiger partial charge on any atom is -0.489 e. The number of thioether (sulfide) groups is 1. The van der Waals surface area contributed by atoms with Crippen molar-refractivity contribution in [1.29, 1.82) is 0 Å². The molecule has 0 aromatic heterocycles. The van der Waals surface area contributed by atoms with Gasteiger partial charge in [0.2, 0.25) is 0 Å². The summed E-state index contributed by atoms with van der Waals surface area (Å²) in [6, 6.07) is 21.8. The van der Waals surface area contributed by atoms with Crippen molar-refractivity contribution in [3.05, 3.63) is 82.8 Å². The van der Waals surface area contributed by atoms with Crippen molar-refractivity contribution < 1.29 is 14.3 Å². The van der Waals surface area contributed by atoms with Crippen LogP contribution < -0.4 is 4.74 Å². The normalized spacial score (nSPS) is 15.1. The van der Waals surface area contributed by atoms with Crippen LogP contribution in [0, 0.1) is 12.3 Å². The van der Waals surface area contributed by atoms with Crippen LogP contribution in [0.5, 0.6) is 5.75 Å². The van der Waals surface area contributed by atoms with Crippen LogP contribution in [0.15, 0.2) is 71.6 Å². The first-order chi connectivity index (χ1) is 14.2. The summed E-state index contributed by atoms with van der Waals surface area (Å²) in [5.41, 5.74) is 1.93. The highest BCUT2D eigenvalue weighted by Gasteiger charge is 2.34. The smallest absolute Gasteiger partial charge is 0.294 e. The van der Waals surface area contributed by atoms with Gasteiger partial charge in [0, 0.05) is 0 Å². The number of amides is 2. The number of hydrogen-bond donors (Lipinski definition) is 0. The molecule has 5 heteroatoms. The van der Waals surface area contributed by atoms with E-state index in [0.29, 0.717) is 11.5 Å². The first-order valence-corrected chi connectivity index (χ1v) is 9.86. The second-order valence-corrected chi connectivity index (χ2v) is 7.46. The number of ether oxygens (including phenoxy) is 1. The van der Waals surface area contributed by atoms with Crippen LogP contribution >= 0.6 is 11.8 Å². The van der Waals surface area contributed by atoms with Crippen molar-refractivity contribution in [3.8, 4) is 18.1 Å². The zero-order valence-corrected chi connectivity index (χ0v) is 16.3. The summed E-state index contributed by atoms with van der Waals surface area (Å²) in [4.78, 5) is 25.5. The van der Waals surface area contributed by atoms with E-state index in [1.807, 2.05) is 42.5 Å². The van der Waals surface area contributed by atoms with Gasteiger partial charge in [-0.15, -0.1) is 6.42 Å². The second kappa shape index (κ2) is 8.26. The number of carbonyl (C=O) groups is 2. The van der Waals surface area contributed by atoms with E-state index in [1.54, 1.807) is 6.08 Å². The van der Waals surface area contributed by atoms with E-state index in [9.17, 15) is 9.59 Å². The van der Waals surface area contributed by atoms with Crippen LogP contribution in [0.3, 0.4) is 0 Å². The van der Waals surface area contributed by atoms with Crippen LogP contribution in [-0.4, -0.2) is 22.6 Å². The van der Waals surface area contributed by atoms with E-state index in [4.69, 9.17) is 11.2 Å². The molecule has 1 aliphatic heterocycles. The lowest BCUT2D eigenvalue weighted by molar-refractivity contribution is -0.122. The third kappa shape index (κ3) is 4.03. The van der Waals surface area contributed by atoms with Crippen molar-refractivity contribution in [2.45, 2.75) is 6.61 Å². The van der Waals surface area contributed by atoms with E-state index in [1.165, 1.54) is 10.8 Å². The van der Waals surface area contributed by atoms with Crippen LogP contribution in [-0.2, 0) is 11.4 Å². The number of rotatable bonds is 5. The Morgan fingerprint density at radius 3 is 2.55 bits per heavy atom. The monoisotopic (exact) mass is 399 g/mol. The van der Waals surface area contributed by atoms with E-state index >= 15 is 0 Å². The van der Waals surface area contributed by atoms with Crippen LogP contribution in [0.4, 0.5) is 4.79 Å². The van der Waals surface area contributed by atoms with Gasteiger partial charge in [0.25, 0.3) is 11.1 Å². The Balaban J connectivity index is 1.45. The fourth-order valence-electron chi connectivity index (χ4n) is 3.12. The minimum atomic E-state index is -0.353. The Morgan fingerprint density at radius 2 is 1.76 bits per heavy atom. The molecule has 142 valence electrons. The fourth-order valence-corrected chi connectivity index (χ4v) is 3.96. The van der Waals surface area contributed by atoms with Gasteiger partial charge in [-0.25, -0.2) is 0 Å². The molecule has 0 radical (unpaired) electrons. The molecule has 0 N–H and O–H groups in total. The van der Waals surface area contributed by atoms with Crippen LogP contribution in [0.2, 0.25) is 0 Å². The van der Waals surface area contributed by atoms with E-state index in [0.717, 1.165) is 33.5 Å². The molecule has 3 aromatic carbocycles. The highest BCUT2D eigenvalue weighted by molar-refractivity contribution is 8.18. The molecule has 4 nitrogen and oxygen atoms in total. The molecule has 4 rings (SSSR count). The van der Waals surface area contributed by atoms with E-state index in [-0.39, 0.29) is 17.7 Å². The van der Waals surface area contributed by atoms with Crippen LogP contribution in [0.25, 0.3) is 16.8 Å². The quantitative estimate of drug-likeness (QED) is 0.443. The number of fused-ring (bicyclic) bond motifs is 1. The van der Waals surface area contributed by atoms with Gasteiger partial charge in [-0.2, -0.15) is 0 Å².